The third kappa shape index (κ3) is 4.74. The molecule has 0 unspecified atom stereocenters. The second-order valence-corrected chi connectivity index (χ2v) is 7.29. The highest BCUT2D eigenvalue weighted by atomic mass is 19.1. The fraction of sp³-hybridized carbons (Fsp3) is 0.348. The van der Waals surface area contributed by atoms with E-state index in [0.717, 1.165) is 30.0 Å². The number of methoxy groups -OCH3 is 1. The lowest BCUT2D eigenvalue weighted by Gasteiger charge is -2.34. The van der Waals surface area contributed by atoms with E-state index in [0.29, 0.717) is 44.3 Å². The lowest BCUT2D eigenvalue weighted by Crippen LogP contribution is -2.47. The highest BCUT2D eigenvalue weighted by Crippen LogP contribution is 2.31. The number of carbonyl (C=O) groups excluding carboxylic acids is 1. The molecule has 1 saturated heterocycles. The van der Waals surface area contributed by atoms with E-state index in [1.54, 1.807) is 25.3 Å². The number of halogens is 1. The van der Waals surface area contributed by atoms with Crippen LogP contribution < -0.4 is 14.2 Å². The maximum Gasteiger partial charge on any atom is 0.246 e. The van der Waals surface area contributed by atoms with Gasteiger partial charge in [-0.05, 0) is 42.0 Å². The van der Waals surface area contributed by atoms with E-state index < -0.39 is 0 Å². The zero-order valence-electron chi connectivity index (χ0n) is 17.0. The summed E-state index contributed by atoms with van der Waals surface area (Å²) in [5, 5.41) is 0. The number of amides is 1. The molecule has 6 nitrogen and oxygen atoms in total. The van der Waals surface area contributed by atoms with Crippen LogP contribution in [0.2, 0.25) is 0 Å². The standard InChI is InChI=1S/C23H25FN2O4/c1-28-20-6-4-19(24)15-18(20)16-25-8-10-26(11-9-25)23(27)7-3-17-2-5-21-22(14-17)30-13-12-29-21/h2-7,14-15H,8-13,16H2,1H3/b7-3+. The first kappa shape index (κ1) is 20.2. The molecule has 158 valence electrons. The van der Waals surface area contributed by atoms with E-state index in [1.165, 1.54) is 12.1 Å². The molecule has 2 aromatic carbocycles. The molecular weight excluding hydrogens is 387 g/mol. The number of piperazine rings is 1. The molecule has 7 heteroatoms. The zero-order chi connectivity index (χ0) is 20.9. The van der Waals surface area contributed by atoms with Gasteiger partial charge in [0.25, 0.3) is 0 Å². The first-order valence-electron chi connectivity index (χ1n) is 10.0. The monoisotopic (exact) mass is 412 g/mol. The van der Waals surface area contributed by atoms with Crippen LogP contribution in [0.15, 0.2) is 42.5 Å². The predicted octanol–water partition coefficient (Wildman–Crippen LogP) is 2.96. The summed E-state index contributed by atoms with van der Waals surface area (Å²) >= 11 is 0. The topological polar surface area (TPSA) is 51.2 Å². The van der Waals surface area contributed by atoms with Crippen LogP contribution in [0, 0.1) is 5.82 Å². The van der Waals surface area contributed by atoms with Gasteiger partial charge in [0, 0.05) is 44.4 Å². The summed E-state index contributed by atoms with van der Waals surface area (Å²) in [6, 6.07) is 10.2. The molecule has 0 aromatic heterocycles. The molecule has 2 aromatic rings. The second-order valence-electron chi connectivity index (χ2n) is 7.29. The fourth-order valence-electron chi connectivity index (χ4n) is 3.67. The average molecular weight is 412 g/mol. The van der Waals surface area contributed by atoms with Gasteiger partial charge in [0.2, 0.25) is 5.91 Å². The van der Waals surface area contributed by atoms with E-state index in [4.69, 9.17) is 14.2 Å². The Bertz CT molecular complexity index is 939. The van der Waals surface area contributed by atoms with Gasteiger partial charge in [-0.3, -0.25) is 9.69 Å². The normalized spacial score (nSPS) is 16.7. The van der Waals surface area contributed by atoms with Crippen LogP contribution in [-0.4, -0.2) is 62.2 Å². The van der Waals surface area contributed by atoms with Gasteiger partial charge in [0.15, 0.2) is 11.5 Å². The third-order valence-electron chi connectivity index (χ3n) is 5.30. The molecule has 30 heavy (non-hydrogen) atoms. The van der Waals surface area contributed by atoms with Crippen molar-refractivity contribution in [1.29, 1.82) is 0 Å². The highest BCUT2D eigenvalue weighted by molar-refractivity contribution is 5.92. The molecule has 2 heterocycles. The Morgan fingerprint density at radius 2 is 1.83 bits per heavy atom. The lowest BCUT2D eigenvalue weighted by atomic mass is 10.1. The number of hydrogen-bond donors (Lipinski definition) is 0. The van der Waals surface area contributed by atoms with Crippen molar-refractivity contribution in [2.75, 3.05) is 46.5 Å². The molecule has 1 fully saturated rings. The number of nitrogens with zero attached hydrogens (tertiary/aromatic N) is 2. The first-order valence-corrected chi connectivity index (χ1v) is 10.0. The molecule has 0 bridgehead atoms. The van der Waals surface area contributed by atoms with E-state index in [9.17, 15) is 9.18 Å². The number of fused-ring (bicyclic) bond motifs is 1. The maximum atomic E-state index is 13.6. The number of ether oxygens (including phenoxy) is 3. The number of benzene rings is 2. The Balaban J connectivity index is 1.31. The molecule has 2 aliphatic rings. The van der Waals surface area contributed by atoms with Gasteiger partial charge < -0.3 is 19.1 Å². The van der Waals surface area contributed by atoms with Crippen LogP contribution in [0.1, 0.15) is 11.1 Å². The van der Waals surface area contributed by atoms with Gasteiger partial charge in [-0.1, -0.05) is 6.07 Å². The van der Waals surface area contributed by atoms with Crippen molar-refractivity contribution in [1.82, 2.24) is 9.80 Å². The molecule has 0 aliphatic carbocycles. The summed E-state index contributed by atoms with van der Waals surface area (Å²) in [7, 11) is 1.58. The molecule has 0 atom stereocenters. The molecular formula is C23H25FN2O4. The fourth-order valence-corrected chi connectivity index (χ4v) is 3.67. The Labute approximate surface area is 175 Å². The summed E-state index contributed by atoms with van der Waals surface area (Å²) < 4.78 is 30.0. The van der Waals surface area contributed by atoms with E-state index in [2.05, 4.69) is 4.90 Å². The van der Waals surface area contributed by atoms with Gasteiger partial charge in [-0.15, -0.1) is 0 Å². The lowest BCUT2D eigenvalue weighted by molar-refractivity contribution is -0.127. The highest BCUT2D eigenvalue weighted by Gasteiger charge is 2.21. The molecule has 4 rings (SSSR count). The number of carbonyl (C=O) groups is 1. The maximum absolute atomic E-state index is 13.6. The Morgan fingerprint density at radius 3 is 2.60 bits per heavy atom. The summed E-state index contributed by atoms with van der Waals surface area (Å²) in [5.41, 5.74) is 1.71. The van der Waals surface area contributed by atoms with Crippen molar-refractivity contribution in [3.63, 3.8) is 0 Å². The van der Waals surface area contributed by atoms with E-state index >= 15 is 0 Å². The summed E-state index contributed by atoms with van der Waals surface area (Å²) in [5.74, 6) is 1.82. The van der Waals surface area contributed by atoms with Crippen molar-refractivity contribution >= 4 is 12.0 Å². The third-order valence-corrected chi connectivity index (χ3v) is 5.30. The minimum atomic E-state index is -0.274. The second kappa shape index (κ2) is 9.17. The van der Waals surface area contributed by atoms with Crippen molar-refractivity contribution in [2.45, 2.75) is 6.54 Å². The summed E-state index contributed by atoms with van der Waals surface area (Å²) in [6.45, 7) is 4.38. The van der Waals surface area contributed by atoms with Crippen molar-refractivity contribution < 1.29 is 23.4 Å². The molecule has 1 amide bonds. The summed E-state index contributed by atoms with van der Waals surface area (Å²) in [6.07, 6.45) is 3.39. The quantitative estimate of drug-likeness (QED) is 0.707. The Morgan fingerprint density at radius 1 is 1.07 bits per heavy atom. The van der Waals surface area contributed by atoms with Gasteiger partial charge >= 0.3 is 0 Å². The SMILES string of the molecule is COc1ccc(F)cc1CN1CCN(C(=O)/C=C/c2ccc3c(c2)OCCO3)CC1. The van der Waals surface area contributed by atoms with Crippen molar-refractivity contribution in [2.24, 2.45) is 0 Å². The van der Waals surface area contributed by atoms with E-state index in [1.807, 2.05) is 23.1 Å². The van der Waals surface area contributed by atoms with Gasteiger partial charge in [-0.25, -0.2) is 4.39 Å². The van der Waals surface area contributed by atoms with Crippen molar-refractivity contribution in [3.8, 4) is 17.2 Å². The molecule has 0 spiro atoms. The van der Waals surface area contributed by atoms with Gasteiger partial charge in [0.05, 0.1) is 7.11 Å². The minimum Gasteiger partial charge on any atom is -0.496 e. The molecule has 0 N–H and O–H groups in total. The number of hydrogen-bond acceptors (Lipinski definition) is 5. The van der Waals surface area contributed by atoms with Crippen molar-refractivity contribution in [3.05, 3.63) is 59.4 Å². The van der Waals surface area contributed by atoms with E-state index in [-0.39, 0.29) is 11.7 Å². The minimum absolute atomic E-state index is 0.0205. The zero-order valence-corrected chi connectivity index (χ0v) is 17.0. The first-order chi connectivity index (χ1) is 14.6. The Hall–Kier alpha value is -3.06. The van der Waals surface area contributed by atoms with Crippen LogP contribution in [0.25, 0.3) is 6.08 Å². The largest absolute Gasteiger partial charge is 0.496 e. The summed E-state index contributed by atoms with van der Waals surface area (Å²) in [4.78, 5) is 16.6. The Kier molecular flexibility index (Phi) is 6.18. The molecule has 0 saturated carbocycles. The van der Waals surface area contributed by atoms with Gasteiger partial charge in [0.1, 0.15) is 24.8 Å². The van der Waals surface area contributed by atoms with Crippen LogP contribution in [0.3, 0.4) is 0 Å². The predicted molar refractivity (Wildman–Crippen MR) is 111 cm³/mol. The smallest absolute Gasteiger partial charge is 0.246 e. The molecule has 0 radical (unpaired) electrons. The van der Waals surface area contributed by atoms with Crippen LogP contribution in [0.5, 0.6) is 17.2 Å². The van der Waals surface area contributed by atoms with Crippen LogP contribution in [0.4, 0.5) is 4.39 Å². The number of rotatable bonds is 5. The van der Waals surface area contributed by atoms with Crippen LogP contribution >= 0.6 is 0 Å². The average Bonchev–Trinajstić information content (AvgIpc) is 2.78. The van der Waals surface area contributed by atoms with Crippen LogP contribution in [-0.2, 0) is 11.3 Å². The van der Waals surface area contributed by atoms with Gasteiger partial charge in [-0.2, -0.15) is 0 Å². The molecule has 2 aliphatic heterocycles.